The second-order valence-corrected chi connectivity index (χ2v) is 14.3. The van der Waals surface area contributed by atoms with Crippen LogP contribution in [0.3, 0.4) is 0 Å². The number of benzene rings is 3. The molecule has 1 amide bonds. The van der Waals surface area contributed by atoms with Gasteiger partial charge < -0.3 is 19.9 Å². The van der Waals surface area contributed by atoms with Gasteiger partial charge in [0.25, 0.3) is 0 Å². The third-order valence-electron chi connectivity index (χ3n) is 8.02. The fourth-order valence-electron chi connectivity index (χ4n) is 5.75. The molecule has 44 heavy (non-hydrogen) atoms. The normalized spacial score (nSPS) is 14.6. The van der Waals surface area contributed by atoms with Gasteiger partial charge >= 0.3 is 0 Å². The summed E-state index contributed by atoms with van der Waals surface area (Å²) < 4.78 is 31.9. The molecule has 3 aromatic carbocycles. The molecule has 0 unspecified atom stereocenters. The van der Waals surface area contributed by atoms with Crippen molar-refractivity contribution in [1.29, 1.82) is 0 Å². The fourth-order valence-corrected chi connectivity index (χ4v) is 7.14. The molecule has 1 aliphatic heterocycles. The Morgan fingerprint density at radius 1 is 1.07 bits per heavy atom. The van der Waals surface area contributed by atoms with Gasteiger partial charge in [0.05, 0.1) is 18.1 Å². The number of carbonyl (C=O) groups is 2. The molecule has 0 aliphatic carbocycles. The van der Waals surface area contributed by atoms with Crippen LogP contribution in [0, 0.1) is 13.8 Å². The molecule has 1 atom stereocenters. The number of hydrogen-bond donors (Lipinski definition) is 2. The molecule has 232 valence electrons. The molecule has 4 aromatic rings. The molecule has 0 radical (unpaired) electrons. The first-order valence-corrected chi connectivity index (χ1v) is 17.0. The number of anilines is 1. The van der Waals surface area contributed by atoms with Crippen LogP contribution in [0.1, 0.15) is 39.2 Å². The van der Waals surface area contributed by atoms with Crippen LogP contribution in [0.25, 0.3) is 10.9 Å². The standard InChI is InChI=1S/C33H35Cl2N3O5S/c1-20-15-24(16-21(2)31(20)35)43-13-6-8-26-25-11-10-23(34)18-27(25)37-32(26)30(39)19-44(41,42)14-12-36-33(40)29-17-22-7-4-5-9-28(22)38(29)3/h4-5,7,9-11,15-16,18,29,37H,6,8,12-14,17,19H2,1-3H3,(H,36,40)/t29-/m0/s1. The summed E-state index contributed by atoms with van der Waals surface area (Å²) in [4.78, 5) is 31.2. The van der Waals surface area contributed by atoms with Gasteiger partial charge in [0.1, 0.15) is 17.5 Å². The molecule has 0 bridgehead atoms. The second kappa shape index (κ2) is 13.2. The first-order chi connectivity index (χ1) is 20.9. The van der Waals surface area contributed by atoms with Gasteiger partial charge in [-0.05, 0) is 79.3 Å². The van der Waals surface area contributed by atoms with Crippen molar-refractivity contribution in [3.8, 4) is 5.75 Å². The number of carbonyl (C=O) groups excluding carboxylic acids is 2. The first kappa shape index (κ1) is 31.9. The van der Waals surface area contributed by atoms with Gasteiger partial charge in [0.15, 0.2) is 15.6 Å². The van der Waals surface area contributed by atoms with Gasteiger partial charge in [-0.2, -0.15) is 0 Å². The highest BCUT2D eigenvalue weighted by atomic mass is 35.5. The summed E-state index contributed by atoms with van der Waals surface area (Å²) in [6, 6.07) is 16.4. The number of hydrogen-bond acceptors (Lipinski definition) is 6. The lowest BCUT2D eigenvalue weighted by Gasteiger charge is -2.21. The largest absolute Gasteiger partial charge is 0.494 e. The van der Waals surface area contributed by atoms with E-state index in [1.165, 1.54) is 0 Å². The Kier molecular flexibility index (Phi) is 9.58. The molecular formula is C33H35Cl2N3O5S. The lowest BCUT2D eigenvalue weighted by Crippen LogP contribution is -2.45. The summed E-state index contributed by atoms with van der Waals surface area (Å²) in [5.41, 5.74) is 5.56. The highest BCUT2D eigenvalue weighted by molar-refractivity contribution is 7.92. The highest BCUT2D eigenvalue weighted by Crippen LogP contribution is 2.31. The molecule has 0 spiro atoms. The molecule has 0 saturated heterocycles. The number of ether oxygens (including phenoxy) is 1. The summed E-state index contributed by atoms with van der Waals surface area (Å²) in [6.45, 7) is 4.16. The van der Waals surface area contributed by atoms with E-state index in [2.05, 4.69) is 10.3 Å². The van der Waals surface area contributed by atoms with Crippen LogP contribution < -0.4 is 15.0 Å². The molecule has 5 rings (SSSR count). The Bertz CT molecular complexity index is 1810. The van der Waals surface area contributed by atoms with Crippen LogP contribution in [0.2, 0.25) is 10.0 Å². The summed E-state index contributed by atoms with van der Waals surface area (Å²) >= 11 is 12.5. The average molecular weight is 657 g/mol. The maximum Gasteiger partial charge on any atom is 0.243 e. The van der Waals surface area contributed by atoms with Crippen LogP contribution in [-0.4, -0.2) is 62.8 Å². The highest BCUT2D eigenvalue weighted by Gasteiger charge is 2.32. The van der Waals surface area contributed by atoms with E-state index in [9.17, 15) is 18.0 Å². The van der Waals surface area contributed by atoms with Crippen molar-refractivity contribution in [1.82, 2.24) is 10.3 Å². The van der Waals surface area contributed by atoms with Crippen molar-refractivity contribution in [3.05, 3.63) is 92.6 Å². The Hall–Kier alpha value is -3.53. The zero-order valence-corrected chi connectivity index (χ0v) is 27.2. The number of aryl methyl sites for hydroxylation is 3. The number of ketones is 1. The third-order valence-corrected chi connectivity index (χ3v) is 10.4. The molecule has 2 N–H and O–H groups in total. The zero-order valence-electron chi connectivity index (χ0n) is 24.9. The number of amides is 1. The Balaban J connectivity index is 1.20. The van der Waals surface area contributed by atoms with E-state index < -0.39 is 27.4 Å². The Labute approximate surface area is 267 Å². The smallest absolute Gasteiger partial charge is 0.243 e. The van der Waals surface area contributed by atoms with Crippen molar-refractivity contribution >= 4 is 61.3 Å². The average Bonchev–Trinajstić information content (AvgIpc) is 3.50. The first-order valence-electron chi connectivity index (χ1n) is 14.4. The van der Waals surface area contributed by atoms with Crippen molar-refractivity contribution in [3.63, 3.8) is 0 Å². The van der Waals surface area contributed by atoms with E-state index in [4.69, 9.17) is 27.9 Å². The third kappa shape index (κ3) is 7.06. The summed E-state index contributed by atoms with van der Waals surface area (Å²) in [7, 11) is -1.96. The van der Waals surface area contributed by atoms with Gasteiger partial charge in [-0.15, -0.1) is 0 Å². The van der Waals surface area contributed by atoms with E-state index in [1.807, 2.05) is 68.3 Å². The molecule has 1 aromatic heterocycles. The van der Waals surface area contributed by atoms with E-state index in [-0.39, 0.29) is 23.9 Å². The summed E-state index contributed by atoms with van der Waals surface area (Å²) in [5.74, 6) is -1.08. The number of nitrogens with zero attached hydrogens (tertiary/aromatic N) is 1. The lowest BCUT2D eigenvalue weighted by molar-refractivity contribution is -0.122. The van der Waals surface area contributed by atoms with Crippen molar-refractivity contribution < 1.29 is 22.7 Å². The van der Waals surface area contributed by atoms with Gasteiger partial charge in [-0.25, -0.2) is 8.42 Å². The van der Waals surface area contributed by atoms with Crippen LogP contribution >= 0.6 is 23.2 Å². The van der Waals surface area contributed by atoms with E-state index in [0.717, 1.165) is 33.3 Å². The van der Waals surface area contributed by atoms with Crippen LogP contribution in [0.4, 0.5) is 5.69 Å². The number of likely N-dealkylation sites (N-methyl/N-ethyl adjacent to an activating group) is 1. The van der Waals surface area contributed by atoms with Crippen LogP contribution in [0.15, 0.2) is 54.6 Å². The van der Waals surface area contributed by atoms with E-state index in [1.54, 1.807) is 12.1 Å². The quantitative estimate of drug-likeness (QED) is 0.146. The Morgan fingerprint density at radius 2 is 1.80 bits per heavy atom. The number of aromatic amines is 1. The summed E-state index contributed by atoms with van der Waals surface area (Å²) in [6.07, 6.45) is 1.64. The van der Waals surface area contributed by atoms with E-state index >= 15 is 0 Å². The molecule has 8 nitrogen and oxygen atoms in total. The minimum absolute atomic E-state index is 0.0781. The van der Waals surface area contributed by atoms with Crippen molar-refractivity contribution in [2.75, 3.05) is 36.6 Å². The number of Topliss-reactive ketones (excluding diaryl/α,β-unsaturated/α-hetero) is 1. The molecule has 11 heteroatoms. The lowest BCUT2D eigenvalue weighted by atomic mass is 10.0. The molecule has 1 aliphatic rings. The fraction of sp³-hybridized carbons (Fsp3) is 0.333. The van der Waals surface area contributed by atoms with Crippen LogP contribution in [-0.2, 0) is 27.5 Å². The zero-order chi connectivity index (χ0) is 31.6. The molecule has 0 fully saturated rings. The van der Waals surface area contributed by atoms with Gasteiger partial charge in [0.2, 0.25) is 5.91 Å². The number of para-hydroxylation sites is 1. The number of halogens is 2. The molecule has 0 saturated carbocycles. The van der Waals surface area contributed by atoms with Gasteiger partial charge in [-0.1, -0.05) is 47.5 Å². The maximum absolute atomic E-state index is 13.4. The predicted molar refractivity (Wildman–Crippen MR) is 176 cm³/mol. The summed E-state index contributed by atoms with van der Waals surface area (Å²) in [5, 5.41) is 4.76. The molecular weight excluding hydrogens is 621 g/mol. The Morgan fingerprint density at radius 3 is 2.52 bits per heavy atom. The number of H-pyrrole nitrogens is 1. The number of rotatable bonds is 12. The topological polar surface area (TPSA) is 109 Å². The van der Waals surface area contributed by atoms with E-state index in [0.29, 0.717) is 47.2 Å². The SMILES string of the molecule is Cc1cc(OCCCc2c(C(=O)CS(=O)(=O)CCNC(=O)[C@@H]3Cc4ccccc4N3C)[nH]c3cc(Cl)ccc23)cc(C)c1Cl. The minimum atomic E-state index is -3.81. The minimum Gasteiger partial charge on any atom is -0.494 e. The van der Waals surface area contributed by atoms with Crippen LogP contribution in [0.5, 0.6) is 5.75 Å². The van der Waals surface area contributed by atoms with Gasteiger partial charge in [0, 0.05) is 46.6 Å². The van der Waals surface area contributed by atoms with Crippen molar-refractivity contribution in [2.24, 2.45) is 0 Å². The van der Waals surface area contributed by atoms with Gasteiger partial charge in [-0.3, -0.25) is 9.59 Å². The number of aromatic nitrogens is 1. The molecule has 2 heterocycles. The maximum atomic E-state index is 13.4. The monoisotopic (exact) mass is 655 g/mol. The van der Waals surface area contributed by atoms with Crippen molar-refractivity contribution in [2.45, 2.75) is 39.2 Å². The number of fused-ring (bicyclic) bond motifs is 2. The second-order valence-electron chi connectivity index (χ2n) is 11.3. The number of nitrogens with one attached hydrogen (secondary N) is 2. The number of sulfone groups is 1. The predicted octanol–water partition coefficient (Wildman–Crippen LogP) is 5.88.